The third kappa shape index (κ3) is 28.3. The summed E-state index contributed by atoms with van der Waals surface area (Å²) >= 11 is 0. The number of nitrogens with zero attached hydrogens (tertiary/aromatic N) is 5. The molecule has 1 aliphatic rings. The molecule has 8 N–H and O–H groups in total. The van der Waals surface area contributed by atoms with Crippen molar-refractivity contribution in [3.8, 4) is 0 Å². The fraction of sp³-hybridized carbons (Fsp3) is 0.800. The molecule has 14 unspecified atom stereocenters. The number of imide groups is 1. The van der Waals surface area contributed by atoms with E-state index in [0.29, 0.717) is 19.3 Å². The van der Waals surface area contributed by atoms with Gasteiger partial charge >= 0.3 is 5.97 Å². The van der Waals surface area contributed by atoms with Crippen LogP contribution in [0, 0.1) is 47.3 Å². The number of methoxy groups -OCH3 is 1. The van der Waals surface area contributed by atoms with E-state index in [2.05, 4.69) is 42.5 Å². The minimum atomic E-state index is -1.70. The summed E-state index contributed by atoms with van der Waals surface area (Å²) < 4.78 is 11.1. The van der Waals surface area contributed by atoms with Gasteiger partial charge in [0.05, 0.1) is 6.04 Å². The molecule has 14 atom stereocenters. The molecule has 99 heavy (non-hydrogen) atoms. The zero-order chi connectivity index (χ0) is 76.2. The standard InChI is InChI=1S/C70H125N13O16/c1-25-43(14)56-68(95)81(21)58(42(12)13)69(96)80(20)46(17)61(88)77-52(85)28-31-71-49(35-39(6)7)65(92)83(23)60(45(16)27-3)70(97)99-47(18)57(78-62(89)48(34-38(4)5)74-63(90)55(41(10)11)76-54(87)37-98-24)67(94)79(19)33-30-53(86)73-50(36-40(8)9)66(93)82(22)59(44(15)26-2)64(91)72-32-29-51(84)75-56/h38-50,55-60,71H,25-37H2,1-24H3,(H,72,91)(H,73,86)(H,74,90)(H,75,84)(H,76,87)(H,78,89)(H,77,85,88). The summed E-state index contributed by atoms with van der Waals surface area (Å²) in [6, 6.07) is -12.1. The Labute approximate surface area is 589 Å². The highest BCUT2D eigenvalue weighted by Crippen LogP contribution is 2.23. The van der Waals surface area contributed by atoms with Crippen LogP contribution < -0.4 is 42.5 Å². The molecule has 0 radical (unpaired) electrons. The van der Waals surface area contributed by atoms with Gasteiger partial charge in [0, 0.05) is 81.2 Å². The van der Waals surface area contributed by atoms with Gasteiger partial charge in [0.15, 0.2) is 0 Å². The molecule has 0 aliphatic carbocycles. The topological polar surface area (TPSA) is 370 Å². The molecule has 29 heteroatoms. The number of esters is 1. The summed E-state index contributed by atoms with van der Waals surface area (Å²) in [5.41, 5.74) is 0. The van der Waals surface area contributed by atoms with Crippen molar-refractivity contribution in [1.82, 2.24) is 67.0 Å². The maximum Gasteiger partial charge on any atom is 0.329 e. The summed E-state index contributed by atoms with van der Waals surface area (Å²) in [5.74, 6) is -12.5. The highest BCUT2D eigenvalue weighted by Gasteiger charge is 2.43. The number of amides is 13. The highest BCUT2D eigenvalue weighted by atomic mass is 16.5. The first-order valence-corrected chi connectivity index (χ1v) is 35.4. The van der Waals surface area contributed by atoms with Crippen LogP contribution in [0.5, 0.6) is 0 Å². The summed E-state index contributed by atoms with van der Waals surface area (Å²) in [4.78, 5) is 205. The molecule has 0 bridgehead atoms. The molecule has 0 aromatic carbocycles. The number of cyclic esters (lactones) is 1. The van der Waals surface area contributed by atoms with Gasteiger partial charge in [-0.1, -0.05) is 130 Å². The summed E-state index contributed by atoms with van der Waals surface area (Å²) in [6.45, 7) is 30.5. The van der Waals surface area contributed by atoms with Crippen LogP contribution in [-0.2, 0) is 76.6 Å². The van der Waals surface area contributed by atoms with Crippen molar-refractivity contribution in [2.24, 2.45) is 47.3 Å². The fourth-order valence-corrected chi connectivity index (χ4v) is 11.7. The molecular weight excluding hydrogens is 1280 g/mol. The zero-order valence-corrected chi connectivity index (χ0v) is 63.9. The van der Waals surface area contributed by atoms with Gasteiger partial charge in [-0.2, -0.15) is 0 Å². The van der Waals surface area contributed by atoms with Crippen LogP contribution in [-0.4, -0.2) is 242 Å². The van der Waals surface area contributed by atoms with E-state index in [9.17, 15) is 67.1 Å². The lowest BCUT2D eigenvalue weighted by atomic mass is 9.94. The van der Waals surface area contributed by atoms with E-state index in [-0.39, 0.29) is 82.5 Å². The van der Waals surface area contributed by atoms with Gasteiger partial charge in [-0.3, -0.25) is 67.6 Å². The molecular formula is C70H125N13O16. The van der Waals surface area contributed by atoms with Crippen LogP contribution in [0.1, 0.15) is 182 Å². The molecule has 0 aromatic rings. The number of carbonyl (C=O) groups is 14. The van der Waals surface area contributed by atoms with Crippen molar-refractivity contribution in [2.75, 3.05) is 68.6 Å². The Balaban J connectivity index is 4.19. The predicted octanol–water partition coefficient (Wildman–Crippen LogP) is 2.26. The van der Waals surface area contributed by atoms with Crippen molar-refractivity contribution < 1.29 is 76.6 Å². The number of ether oxygens (including phenoxy) is 2. The molecule has 0 saturated carbocycles. The van der Waals surface area contributed by atoms with Crippen LogP contribution in [0.2, 0.25) is 0 Å². The number of hydrogen-bond donors (Lipinski definition) is 8. The smallest absolute Gasteiger partial charge is 0.329 e. The lowest BCUT2D eigenvalue weighted by molar-refractivity contribution is -0.164. The third-order valence-corrected chi connectivity index (χ3v) is 18.4. The van der Waals surface area contributed by atoms with Crippen molar-refractivity contribution in [3.05, 3.63) is 0 Å². The van der Waals surface area contributed by atoms with E-state index in [4.69, 9.17) is 9.47 Å². The van der Waals surface area contributed by atoms with Crippen molar-refractivity contribution >= 4 is 82.8 Å². The lowest BCUT2D eigenvalue weighted by Crippen LogP contribution is -2.61. The fourth-order valence-electron chi connectivity index (χ4n) is 11.7. The number of carbonyl (C=O) groups excluding carboxylic acids is 14. The Hall–Kier alpha value is -7.30. The molecule has 1 rings (SSSR count). The Bertz CT molecular complexity index is 2730. The van der Waals surface area contributed by atoms with Crippen LogP contribution in [0.4, 0.5) is 0 Å². The first-order valence-electron chi connectivity index (χ1n) is 35.4. The summed E-state index contributed by atoms with van der Waals surface area (Å²) in [7, 11) is 8.36. The number of likely N-dealkylation sites (N-methyl/N-ethyl adjacent to an activating group) is 5. The molecule has 566 valence electrons. The second kappa shape index (κ2) is 43.4. The Kier molecular flexibility index (Phi) is 39.3. The highest BCUT2D eigenvalue weighted by molar-refractivity contribution is 6.01. The maximum atomic E-state index is 15.0. The molecule has 13 amide bonds. The van der Waals surface area contributed by atoms with Crippen LogP contribution >= 0.6 is 0 Å². The average Bonchev–Trinajstić information content (AvgIpc) is 0.834. The average molecular weight is 1400 g/mol. The van der Waals surface area contributed by atoms with Crippen LogP contribution in [0.25, 0.3) is 0 Å². The second-order valence-corrected chi connectivity index (χ2v) is 28.9. The predicted molar refractivity (Wildman–Crippen MR) is 375 cm³/mol. The minimum Gasteiger partial charge on any atom is -0.458 e. The van der Waals surface area contributed by atoms with E-state index in [0.717, 1.165) is 9.80 Å². The lowest BCUT2D eigenvalue weighted by Gasteiger charge is -2.37. The van der Waals surface area contributed by atoms with E-state index >= 15 is 0 Å². The van der Waals surface area contributed by atoms with Crippen molar-refractivity contribution in [2.45, 2.75) is 249 Å². The van der Waals surface area contributed by atoms with Crippen molar-refractivity contribution in [3.63, 3.8) is 0 Å². The van der Waals surface area contributed by atoms with Crippen LogP contribution in [0.3, 0.4) is 0 Å². The van der Waals surface area contributed by atoms with E-state index in [1.807, 2.05) is 41.5 Å². The van der Waals surface area contributed by atoms with Gasteiger partial charge in [-0.15, -0.1) is 0 Å². The van der Waals surface area contributed by atoms with Crippen molar-refractivity contribution in [1.29, 1.82) is 0 Å². The van der Waals surface area contributed by atoms with E-state index in [1.165, 1.54) is 70.9 Å². The molecule has 29 nitrogen and oxygen atoms in total. The first-order chi connectivity index (χ1) is 46.0. The second-order valence-electron chi connectivity index (χ2n) is 28.9. The summed E-state index contributed by atoms with van der Waals surface area (Å²) in [6.07, 6.45) is -0.826. The number of hydrogen-bond acceptors (Lipinski definition) is 17. The van der Waals surface area contributed by atoms with Gasteiger partial charge in [0.1, 0.15) is 67.1 Å². The monoisotopic (exact) mass is 1400 g/mol. The number of rotatable bonds is 21. The molecule has 1 aliphatic heterocycles. The van der Waals surface area contributed by atoms with Gasteiger partial charge in [-0.25, -0.2) is 4.79 Å². The van der Waals surface area contributed by atoms with Gasteiger partial charge in [0.25, 0.3) is 0 Å². The molecule has 1 saturated heterocycles. The van der Waals surface area contributed by atoms with E-state index < -0.39 is 179 Å². The first kappa shape index (κ1) is 89.7. The normalized spacial score (nSPS) is 25.0. The molecule has 0 aromatic heterocycles. The maximum absolute atomic E-state index is 15.0. The van der Waals surface area contributed by atoms with E-state index in [1.54, 1.807) is 69.2 Å². The SMILES string of the molecule is CCC(C)C1NC(=O)CCNC(=O)C(C(C)CC)N(C)C(=O)C(CC(C)C)NC(=O)CCN(C)C(=O)C(NC(=O)C(CC(C)C)NC(=O)C(NC(=O)COC)C(C)C)C(C)OC(=O)C(C(C)CC)N(C)C(=O)C(CC(C)C)NCCC(=O)NC(=O)C(C)N(C)C(=O)C(C(C)C)N(C)C1=O. The number of nitrogens with one attached hydrogen (secondary N) is 8. The minimum absolute atomic E-state index is 0.0446. The molecule has 1 heterocycles. The Morgan fingerprint density at radius 3 is 1.60 bits per heavy atom. The largest absolute Gasteiger partial charge is 0.458 e. The Morgan fingerprint density at radius 2 is 1.07 bits per heavy atom. The van der Waals surface area contributed by atoms with Gasteiger partial charge in [0.2, 0.25) is 76.8 Å². The third-order valence-electron chi connectivity index (χ3n) is 18.4. The zero-order valence-electron chi connectivity index (χ0n) is 63.9. The van der Waals surface area contributed by atoms with Crippen LogP contribution in [0.15, 0.2) is 0 Å². The van der Waals surface area contributed by atoms with Gasteiger partial charge in [-0.05, 0) is 80.5 Å². The Morgan fingerprint density at radius 1 is 0.556 bits per heavy atom. The molecule has 1 fully saturated rings. The van der Waals surface area contributed by atoms with Gasteiger partial charge < -0.3 is 71.2 Å². The quantitative estimate of drug-likeness (QED) is 0.0603. The summed E-state index contributed by atoms with van der Waals surface area (Å²) in [5, 5.41) is 21.9. The molecule has 0 spiro atoms.